The number of carboxylic acids is 1. The number of cyclic esters (lactones) is 1. The second kappa shape index (κ2) is 9.76. The maximum Gasteiger partial charge on any atom is 0.315 e. The van der Waals surface area contributed by atoms with Gasteiger partial charge < -0.3 is 28.5 Å². The average molecular weight is 575 g/mol. The lowest BCUT2D eigenvalue weighted by atomic mass is 9.47. The van der Waals surface area contributed by atoms with Crippen LogP contribution >= 0.6 is 0 Å². The van der Waals surface area contributed by atoms with Crippen molar-refractivity contribution in [3.63, 3.8) is 0 Å². The molecule has 0 unspecified atom stereocenters. The van der Waals surface area contributed by atoms with E-state index in [9.17, 15) is 14.7 Å². The lowest BCUT2D eigenvalue weighted by molar-refractivity contribution is -0.270. The summed E-state index contributed by atoms with van der Waals surface area (Å²) in [6.45, 7) is 13.8. The molecule has 0 amide bonds. The van der Waals surface area contributed by atoms with Gasteiger partial charge >= 0.3 is 11.9 Å². The summed E-state index contributed by atoms with van der Waals surface area (Å²) >= 11 is 0. The highest BCUT2D eigenvalue weighted by Crippen LogP contribution is 2.68. The smallest absolute Gasteiger partial charge is 0.315 e. The first kappa shape index (κ1) is 28.6. The van der Waals surface area contributed by atoms with Gasteiger partial charge in [-0.2, -0.15) is 0 Å². The van der Waals surface area contributed by atoms with E-state index in [1.807, 2.05) is 6.08 Å². The monoisotopic (exact) mass is 574 g/mol. The summed E-state index contributed by atoms with van der Waals surface area (Å²) in [7, 11) is -0.599. The number of fused-ring (bicyclic) bond motifs is 4. The fraction of sp³-hybridized carbons (Fsp3) is 0.806. The highest BCUT2D eigenvalue weighted by Gasteiger charge is 2.75. The SMILES string of the molecule is C=C1[C@H]2C[C@H](O[C@@H]3O[C@H](OC)C[C@@]32O[Si](CC)(CC)C(C)C)[C@H]1[C@@]1(C(=O)O)C=C[C@H]2CCCC[C@@]23COC(=O)[C@H]31. The normalized spacial score (nSPS) is 45.8. The van der Waals surface area contributed by atoms with E-state index in [1.54, 1.807) is 7.11 Å². The molecule has 9 heteroatoms. The second-order valence-corrected chi connectivity index (χ2v) is 18.5. The zero-order valence-electron chi connectivity index (χ0n) is 24.6. The van der Waals surface area contributed by atoms with E-state index in [2.05, 4.69) is 40.3 Å². The van der Waals surface area contributed by atoms with Crippen LogP contribution in [0.1, 0.15) is 66.2 Å². The van der Waals surface area contributed by atoms with Crippen molar-refractivity contribution in [1.29, 1.82) is 0 Å². The molecule has 10 atom stereocenters. The van der Waals surface area contributed by atoms with Gasteiger partial charge in [0.15, 0.2) is 20.9 Å². The molecule has 1 spiro atoms. The van der Waals surface area contributed by atoms with Crippen LogP contribution in [-0.2, 0) is 33.0 Å². The Kier molecular flexibility index (Phi) is 6.98. The Hall–Kier alpha value is -1.52. The molecule has 40 heavy (non-hydrogen) atoms. The summed E-state index contributed by atoms with van der Waals surface area (Å²) in [5.41, 5.74) is -1.59. The maximum absolute atomic E-state index is 13.6. The van der Waals surface area contributed by atoms with Crippen molar-refractivity contribution in [2.45, 2.75) is 108 Å². The van der Waals surface area contributed by atoms with E-state index >= 15 is 0 Å². The molecule has 0 aromatic carbocycles. The van der Waals surface area contributed by atoms with Gasteiger partial charge in [-0.3, -0.25) is 9.59 Å². The molecule has 3 heterocycles. The summed E-state index contributed by atoms with van der Waals surface area (Å²) in [5.74, 6) is -2.76. The Bertz CT molecular complexity index is 1100. The van der Waals surface area contributed by atoms with Crippen molar-refractivity contribution in [3.05, 3.63) is 24.3 Å². The first-order valence-corrected chi connectivity index (χ1v) is 17.8. The van der Waals surface area contributed by atoms with Crippen LogP contribution in [0.25, 0.3) is 0 Å². The summed E-state index contributed by atoms with van der Waals surface area (Å²) in [5, 5.41) is 11.1. The number of hydrogen-bond donors (Lipinski definition) is 1. The zero-order chi connectivity index (χ0) is 28.7. The highest BCUT2D eigenvalue weighted by atomic mass is 28.4. The molecule has 6 rings (SSSR count). The topological polar surface area (TPSA) is 101 Å². The molecular formula is C31H46O8Si. The molecule has 0 radical (unpaired) electrons. The van der Waals surface area contributed by atoms with Gasteiger partial charge in [0.25, 0.3) is 0 Å². The van der Waals surface area contributed by atoms with E-state index < -0.39 is 67.2 Å². The number of carbonyl (C=O) groups excluding carboxylic acids is 1. The summed E-state index contributed by atoms with van der Waals surface area (Å²) in [6, 6.07) is 1.91. The zero-order valence-corrected chi connectivity index (χ0v) is 25.6. The minimum atomic E-state index is -2.23. The number of esters is 1. The van der Waals surface area contributed by atoms with Gasteiger partial charge in [0, 0.05) is 30.8 Å². The first-order chi connectivity index (χ1) is 19.0. The number of carboxylic acid groups (broad SMARTS) is 1. The van der Waals surface area contributed by atoms with Crippen LogP contribution in [0.5, 0.6) is 0 Å². The third-order valence-corrected chi connectivity index (χ3v) is 17.3. The summed E-state index contributed by atoms with van der Waals surface area (Å²) in [6.07, 6.45) is 7.20. The third-order valence-electron chi connectivity index (χ3n) is 12.0. The Morgan fingerprint density at radius 3 is 2.65 bits per heavy atom. The van der Waals surface area contributed by atoms with E-state index in [1.165, 1.54) is 0 Å². The van der Waals surface area contributed by atoms with Crippen LogP contribution in [0.4, 0.5) is 0 Å². The molecule has 3 aliphatic heterocycles. The fourth-order valence-corrected chi connectivity index (χ4v) is 13.6. The van der Waals surface area contributed by atoms with Crippen molar-refractivity contribution in [1.82, 2.24) is 0 Å². The molecule has 0 aromatic rings. The quantitative estimate of drug-likeness (QED) is 0.233. The van der Waals surface area contributed by atoms with Crippen LogP contribution in [0, 0.1) is 34.5 Å². The summed E-state index contributed by atoms with van der Waals surface area (Å²) < 4.78 is 31.9. The molecule has 3 saturated heterocycles. The molecule has 3 aliphatic carbocycles. The van der Waals surface area contributed by atoms with E-state index in [0.29, 0.717) is 25.0 Å². The van der Waals surface area contributed by atoms with Gasteiger partial charge in [-0.05, 0) is 42.8 Å². The molecule has 6 aliphatic rings. The maximum atomic E-state index is 13.6. The third kappa shape index (κ3) is 3.57. The van der Waals surface area contributed by atoms with E-state index in [-0.39, 0.29) is 11.8 Å². The minimum absolute atomic E-state index is 0.145. The van der Waals surface area contributed by atoms with Gasteiger partial charge in [0.1, 0.15) is 11.0 Å². The number of carbonyl (C=O) groups is 2. The number of aliphatic carboxylic acids is 1. The first-order valence-electron chi connectivity index (χ1n) is 15.4. The molecule has 222 valence electrons. The Balaban J connectivity index is 1.46. The van der Waals surface area contributed by atoms with E-state index in [0.717, 1.165) is 43.3 Å². The molecule has 2 bridgehead atoms. The Labute approximate surface area is 238 Å². The lowest BCUT2D eigenvalue weighted by Crippen LogP contribution is -2.60. The van der Waals surface area contributed by atoms with Gasteiger partial charge in [0.2, 0.25) is 0 Å². The van der Waals surface area contributed by atoms with Crippen molar-refractivity contribution in [2.75, 3.05) is 13.7 Å². The molecular weight excluding hydrogens is 528 g/mol. The molecule has 0 aromatic heterocycles. The predicted molar refractivity (Wildman–Crippen MR) is 150 cm³/mol. The number of rotatable bonds is 8. The molecule has 1 N–H and O–H groups in total. The molecule has 2 saturated carbocycles. The fourth-order valence-electron chi connectivity index (χ4n) is 9.89. The van der Waals surface area contributed by atoms with Gasteiger partial charge in [-0.25, -0.2) is 0 Å². The standard InChI is InChI=1S/C31H46O8Si/c1-7-40(8-2,18(3)4)39-31-16-23(35-6)38-28(31)37-22-15-21(31)19(5)24(22)30(27(33)34)14-12-20-11-9-10-13-29(20)17-36-26(32)25(29)30/h12,14,18,20-25,28H,5,7-11,13,15-17H2,1-4,6H3,(H,33,34)/t20-,21-,22+,23+,24+,25-,28-,29-,30+,31+/m1/s1. The van der Waals surface area contributed by atoms with Crippen LogP contribution in [0.3, 0.4) is 0 Å². The van der Waals surface area contributed by atoms with Gasteiger partial charge in [-0.1, -0.05) is 64.8 Å². The van der Waals surface area contributed by atoms with Gasteiger partial charge in [0.05, 0.1) is 18.6 Å². The average Bonchev–Trinajstić information content (AvgIpc) is 3.58. The van der Waals surface area contributed by atoms with Gasteiger partial charge in [-0.15, -0.1) is 0 Å². The molecule has 8 nitrogen and oxygen atoms in total. The van der Waals surface area contributed by atoms with Crippen molar-refractivity contribution >= 4 is 20.3 Å². The van der Waals surface area contributed by atoms with Crippen molar-refractivity contribution < 1.29 is 38.1 Å². The second-order valence-electron chi connectivity index (χ2n) is 13.6. The number of hydrogen-bond acceptors (Lipinski definition) is 7. The highest BCUT2D eigenvalue weighted by molar-refractivity contribution is 6.75. The Morgan fingerprint density at radius 2 is 2.00 bits per heavy atom. The Morgan fingerprint density at radius 1 is 1.25 bits per heavy atom. The lowest BCUT2D eigenvalue weighted by Gasteiger charge is -2.52. The largest absolute Gasteiger partial charge is 0.481 e. The van der Waals surface area contributed by atoms with Crippen LogP contribution < -0.4 is 0 Å². The van der Waals surface area contributed by atoms with E-state index in [4.69, 9.17) is 23.4 Å². The number of allylic oxidation sites excluding steroid dienone is 1. The van der Waals surface area contributed by atoms with Crippen molar-refractivity contribution in [3.8, 4) is 0 Å². The van der Waals surface area contributed by atoms with Crippen LogP contribution in [0.15, 0.2) is 24.3 Å². The van der Waals surface area contributed by atoms with Crippen molar-refractivity contribution in [2.24, 2.45) is 34.5 Å². The minimum Gasteiger partial charge on any atom is -0.481 e. The summed E-state index contributed by atoms with van der Waals surface area (Å²) in [4.78, 5) is 27.1. The van der Waals surface area contributed by atoms with Crippen LogP contribution in [0.2, 0.25) is 17.6 Å². The predicted octanol–water partition coefficient (Wildman–Crippen LogP) is 5.44. The number of methoxy groups -OCH3 is 1. The van der Waals surface area contributed by atoms with Crippen LogP contribution in [-0.4, -0.2) is 63.4 Å². The number of ether oxygens (including phenoxy) is 4. The molecule has 5 fully saturated rings.